The second kappa shape index (κ2) is 3.54. The fourth-order valence-corrected chi connectivity index (χ4v) is 9.02. The maximum Gasteiger partial charge on any atom is 0.119 e. The molecule has 1 saturated heterocycles. The van der Waals surface area contributed by atoms with Gasteiger partial charge in [-0.1, -0.05) is 38.2 Å². The summed E-state index contributed by atoms with van der Waals surface area (Å²) in [4.78, 5) is 0. The average Bonchev–Trinajstić information content (AvgIpc) is 2.93. The Morgan fingerprint density at radius 2 is 1.75 bits per heavy atom. The van der Waals surface area contributed by atoms with Gasteiger partial charge in [0.15, 0.2) is 0 Å². The monoisotopic (exact) mass is 268 g/mol. The van der Waals surface area contributed by atoms with Crippen molar-refractivity contribution in [3.05, 3.63) is 0 Å². The van der Waals surface area contributed by atoms with Crippen LogP contribution in [0.15, 0.2) is 0 Å². The fraction of sp³-hybridized carbons (Fsp3) is 1.00. The SMILES string of the molecule is BC1(C2C3CCC4CC5CCC2C453)BCCC1(C)CC. The molecule has 1 aliphatic heterocycles. The van der Waals surface area contributed by atoms with E-state index in [0.717, 1.165) is 23.2 Å². The van der Waals surface area contributed by atoms with Gasteiger partial charge in [-0.25, -0.2) is 0 Å². The second-order valence-corrected chi connectivity index (χ2v) is 9.71. The molecule has 2 heteroatoms. The molecule has 0 bridgehead atoms. The van der Waals surface area contributed by atoms with E-state index in [2.05, 4.69) is 21.7 Å². The van der Waals surface area contributed by atoms with E-state index in [1.54, 1.807) is 39.4 Å². The molecule has 4 aliphatic carbocycles. The van der Waals surface area contributed by atoms with Crippen LogP contribution in [0.1, 0.15) is 58.8 Å². The van der Waals surface area contributed by atoms with Crippen molar-refractivity contribution in [2.24, 2.45) is 40.4 Å². The van der Waals surface area contributed by atoms with Gasteiger partial charge in [-0.05, 0) is 72.5 Å². The van der Waals surface area contributed by atoms with Gasteiger partial charge in [0, 0.05) is 0 Å². The lowest BCUT2D eigenvalue weighted by molar-refractivity contribution is -0.204. The fourth-order valence-electron chi connectivity index (χ4n) is 9.02. The summed E-state index contributed by atoms with van der Waals surface area (Å²) in [7, 11) is 4.26. The van der Waals surface area contributed by atoms with Gasteiger partial charge in [0.05, 0.1) is 0 Å². The standard InChI is InChI=1S/C18H30B2/c1-3-16(2)8-9-20-18(16,19)15-13-6-4-11-10-12-5-7-14(15)17(11,12)13/h11-15,20H,3-10,19H2,1-2H3. The topological polar surface area (TPSA) is 0 Å². The highest BCUT2D eigenvalue weighted by Crippen LogP contribution is 2.86. The van der Waals surface area contributed by atoms with Gasteiger partial charge < -0.3 is 0 Å². The third kappa shape index (κ3) is 1.02. The van der Waals surface area contributed by atoms with Crippen molar-refractivity contribution >= 4 is 15.1 Å². The summed E-state index contributed by atoms with van der Waals surface area (Å²) < 4.78 is 0. The van der Waals surface area contributed by atoms with Gasteiger partial charge in [0.25, 0.3) is 0 Å². The molecular weight excluding hydrogens is 238 g/mol. The van der Waals surface area contributed by atoms with Gasteiger partial charge in [-0.2, -0.15) is 0 Å². The molecule has 0 aromatic carbocycles. The van der Waals surface area contributed by atoms with Crippen LogP contribution in [0.25, 0.3) is 0 Å². The summed E-state index contributed by atoms with van der Waals surface area (Å²) >= 11 is 0. The lowest BCUT2D eigenvalue weighted by atomic mass is 9.23. The Morgan fingerprint density at radius 3 is 2.35 bits per heavy atom. The summed E-state index contributed by atoms with van der Waals surface area (Å²) in [5, 5.41) is 0.682. The van der Waals surface area contributed by atoms with Crippen molar-refractivity contribution < 1.29 is 0 Å². The molecule has 1 heterocycles. The molecule has 5 rings (SSSR count). The minimum Gasteiger partial charge on any atom is -0.0771 e. The van der Waals surface area contributed by atoms with E-state index in [-0.39, 0.29) is 0 Å². The third-order valence-electron chi connectivity index (χ3n) is 10.1. The average molecular weight is 268 g/mol. The first-order chi connectivity index (χ1) is 9.58. The summed E-state index contributed by atoms with van der Waals surface area (Å²) in [6.07, 6.45) is 12.5. The summed E-state index contributed by atoms with van der Waals surface area (Å²) in [6, 6.07) is 0. The number of hydrogen-bond donors (Lipinski definition) is 0. The summed E-state index contributed by atoms with van der Waals surface area (Å²) in [5.74, 6) is 5.80. The second-order valence-electron chi connectivity index (χ2n) is 9.71. The highest BCUT2D eigenvalue weighted by molar-refractivity contribution is 6.55. The third-order valence-corrected chi connectivity index (χ3v) is 10.1. The van der Waals surface area contributed by atoms with Crippen LogP contribution >= 0.6 is 0 Å². The Bertz CT molecular complexity index is 436. The minimum absolute atomic E-state index is 0.652. The normalized spacial score (nSPS) is 66.0. The van der Waals surface area contributed by atoms with Crippen LogP contribution in [0.3, 0.4) is 0 Å². The highest BCUT2D eigenvalue weighted by Gasteiger charge is 2.79. The lowest BCUT2D eigenvalue weighted by Crippen LogP contribution is -2.66. The van der Waals surface area contributed by atoms with E-state index in [1.165, 1.54) is 31.0 Å². The summed E-state index contributed by atoms with van der Waals surface area (Å²) in [5.41, 5.74) is 1.57. The molecule has 0 aromatic rings. The Balaban J connectivity index is 1.54. The zero-order chi connectivity index (χ0) is 13.8. The van der Waals surface area contributed by atoms with E-state index in [4.69, 9.17) is 0 Å². The van der Waals surface area contributed by atoms with E-state index >= 15 is 0 Å². The van der Waals surface area contributed by atoms with Crippen LogP contribution in [-0.4, -0.2) is 15.1 Å². The Kier molecular flexibility index (Phi) is 2.24. The molecule has 4 saturated carbocycles. The minimum atomic E-state index is 0.652. The Hall–Kier alpha value is 0.130. The molecule has 0 radical (unpaired) electrons. The Labute approximate surface area is 126 Å². The first kappa shape index (κ1) is 12.7. The molecule has 1 spiro atoms. The van der Waals surface area contributed by atoms with Crippen LogP contribution in [0.2, 0.25) is 11.5 Å². The molecule has 0 amide bonds. The van der Waals surface area contributed by atoms with Crippen molar-refractivity contribution in [3.63, 3.8) is 0 Å². The van der Waals surface area contributed by atoms with Gasteiger partial charge in [0.1, 0.15) is 15.1 Å². The maximum absolute atomic E-state index is 2.72. The molecule has 6 atom stereocenters. The zero-order valence-corrected chi connectivity index (χ0v) is 13.8. The first-order valence-electron chi connectivity index (χ1n) is 9.58. The Morgan fingerprint density at radius 1 is 1.10 bits per heavy atom. The summed E-state index contributed by atoms with van der Waals surface area (Å²) in [6.45, 7) is 5.11. The van der Waals surface area contributed by atoms with Gasteiger partial charge >= 0.3 is 0 Å². The largest absolute Gasteiger partial charge is 0.119 e. The highest BCUT2D eigenvalue weighted by atomic mass is 14.8. The van der Waals surface area contributed by atoms with E-state index in [9.17, 15) is 0 Å². The zero-order valence-electron chi connectivity index (χ0n) is 13.8. The number of hydrogen-bond acceptors (Lipinski definition) is 0. The molecule has 0 nitrogen and oxygen atoms in total. The number of rotatable bonds is 2. The molecule has 5 aliphatic rings. The van der Waals surface area contributed by atoms with E-state index in [0.29, 0.717) is 10.6 Å². The van der Waals surface area contributed by atoms with Crippen molar-refractivity contribution in [2.75, 3.05) is 0 Å². The van der Waals surface area contributed by atoms with Gasteiger partial charge in [-0.3, -0.25) is 0 Å². The van der Waals surface area contributed by atoms with Crippen LogP contribution in [0.5, 0.6) is 0 Å². The van der Waals surface area contributed by atoms with Crippen LogP contribution in [0, 0.1) is 40.4 Å². The van der Waals surface area contributed by atoms with Crippen molar-refractivity contribution in [3.8, 4) is 0 Å². The van der Waals surface area contributed by atoms with E-state index < -0.39 is 0 Å². The predicted octanol–water partition coefficient (Wildman–Crippen LogP) is 3.48. The maximum atomic E-state index is 2.72. The molecule has 6 unspecified atom stereocenters. The molecule has 0 aromatic heterocycles. The molecule has 5 fully saturated rings. The van der Waals surface area contributed by atoms with Crippen molar-refractivity contribution in [2.45, 2.75) is 70.3 Å². The quantitative estimate of drug-likeness (QED) is 0.672. The van der Waals surface area contributed by atoms with Crippen LogP contribution in [0.4, 0.5) is 0 Å². The lowest BCUT2D eigenvalue weighted by Gasteiger charge is -2.71. The molecular formula is C18H30B2. The first-order valence-corrected chi connectivity index (χ1v) is 9.58. The van der Waals surface area contributed by atoms with E-state index in [1.807, 2.05) is 0 Å². The van der Waals surface area contributed by atoms with Gasteiger partial charge in [0.2, 0.25) is 0 Å². The smallest absolute Gasteiger partial charge is 0.0771 e. The molecule has 0 N–H and O–H groups in total. The predicted molar refractivity (Wildman–Crippen MR) is 89.2 cm³/mol. The van der Waals surface area contributed by atoms with Crippen LogP contribution in [-0.2, 0) is 0 Å². The van der Waals surface area contributed by atoms with Gasteiger partial charge in [-0.15, -0.1) is 0 Å². The van der Waals surface area contributed by atoms with Crippen molar-refractivity contribution in [1.82, 2.24) is 0 Å². The molecule has 108 valence electrons. The molecule has 20 heavy (non-hydrogen) atoms. The van der Waals surface area contributed by atoms with Crippen molar-refractivity contribution in [1.29, 1.82) is 0 Å². The van der Waals surface area contributed by atoms with Crippen LogP contribution < -0.4 is 0 Å².